The average molecular weight is 205 g/mol. The number of piperazine rings is 1. The lowest BCUT2D eigenvalue weighted by atomic mass is 10.1. The molecule has 0 saturated carbocycles. The summed E-state index contributed by atoms with van der Waals surface area (Å²) in [6.07, 6.45) is 0.0555. The highest BCUT2D eigenvalue weighted by molar-refractivity contribution is 5.18. The van der Waals surface area contributed by atoms with E-state index < -0.39 is 0 Å². The highest BCUT2D eigenvalue weighted by Gasteiger charge is 2.20. The van der Waals surface area contributed by atoms with Crippen molar-refractivity contribution < 1.29 is 0 Å². The van der Waals surface area contributed by atoms with Crippen LogP contribution >= 0.6 is 0 Å². The van der Waals surface area contributed by atoms with E-state index in [4.69, 9.17) is 5.73 Å². The number of hydrogen-bond donors (Lipinski definition) is 1. The Balaban J connectivity index is 1.99. The molecule has 1 aliphatic heterocycles. The molecule has 3 heteroatoms. The number of hydrogen-bond acceptors (Lipinski definition) is 3. The Hall–Kier alpha value is -0.900. The minimum absolute atomic E-state index is 0.0555. The van der Waals surface area contributed by atoms with Gasteiger partial charge in [0.25, 0.3) is 0 Å². The second-order valence-electron chi connectivity index (χ2n) is 4.19. The summed E-state index contributed by atoms with van der Waals surface area (Å²) in [5.41, 5.74) is 7.43. The van der Waals surface area contributed by atoms with Crippen molar-refractivity contribution in [3.8, 4) is 0 Å². The second kappa shape index (κ2) is 4.75. The first-order chi connectivity index (χ1) is 7.27. The van der Waals surface area contributed by atoms with E-state index in [1.54, 1.807) is 0 Å². The predicted octanol–water partition coefficient (Wildman–Crippen LogP) is 0.891. The lowest BCUT2D eigenvalue weighted by Crippen LogP contribution is -2.48. The smallest absolute Gasteiger partial charge is 0.0836 e. The van der Waals surface area contributed by atoms with E-state index in [-0.39, 0.29) is 6.17 Å². The summed E-state index contributed by atoms with van der Waals surface area (Å²) in [5.74, 6) is 0. The van der Waals surface area contributed by atoms with Gasteiger partial charge in [-0.1, -0.05) is 30.3 Å². The van der Waals surface area contributed by atoms with Crippen LogP contribution in [0.3, 0.4) is 0 Å². The maximum atomic E-state index is 6.22. The molecule has 82 valence electrons. The van der Waals surface area contributed by atoms with Crippen molar-refractivity contribution in [3.63, 3.8) is 0 Å². The zero-order valence-electron chi connectivity index (χ0n) is 9.26. The molecule has 0 spiro atoms. The Bertz CT molecular complexity index is 291. The number of nitrogens with zero attached hydrogens (tertiary/aromatic N) is 2. The summed E-state index contributed by atoms with van der Waals surface area (Å²) in [7, 11) is 2.16. The minimum Gasteiger partial charge on any atom is -0.312 e. The molecular formula is C12H19N3. The van der Waals surface area contributed by atoms with Crippen LogP contribution in [0.25, 0.3) is 0 Å². The predicted molar refractivity (Wildman–Crippen MR) is 62.4 cm³/mol. The third kappa shape index (κ3) is 2.56. The SMILES string of the molecule is CN1CCN(C(N)c2ccccc2)CC1. The Morgan fingerprint density at radius 2 is 1.67 bits per heavy atom. The highest BCUT2D eigenvalue weighted by Crippen LogP contribution is 2.16. The Morgan fingerprint density at radius 1 is 1.07 bits per heavy atom. The van der Waals surface area contributed by atoms with Gasteiger partial charge in [-0.05, 0) is 12.6 Å². The molecule has 1 saturated heterocycles. The van der Waals surface area contributed by atoms with Crippen molar-refractivity contribution in [3.05, 3.63) is 35.9 Å². The zero-order chi connectivity index (χ0) is 10.7. The molecule has 15 heavy (non-hydrogen) atoms. The van der Waals surface area contributed by atoms with Crippen LogP contribution in [-0.2, 0) is 0 Å². The molecule has 1 aromatic carbocycles. The van der Waals surface area contributed by atoms with Crippen molar-refractivity contribution in [2.24, 2.45) is 5.73 Å². The average Bonchev–Trinajstić information content (AvgIpc) is 2.30. The molecule has 0 radical (unpaired) electrons. The van der Waals surface area contributed by atoms with Crippen LogP contribution in [0.15, 0.2) is 30.3 Å². The van der Waals surface area contributed by atoms with Crippen LogP contribution in [0.4, 0.5) is 0 Å². The third-order valence-corrected chi connectivity index (χ3v) is 3.07. The van der Waals surface area contributed by atoms with Crippen LogP contribution in [0, 0.1) is 0 Å². The fourth-order valence-electron chi connectivity index (χ4n) is 1.96. The van der Waals surface area contributed by atoms with Gasteiger partial charge in [-0.25, -0.2) is 0 Å². The van der Waals surface area contributed by atoms with Crippen LogP contribution in [0.2, 0.25) is 0 Å². The van der Waals surface area contributed by atoms with E-state index in [1.807, 2.05) is 18.2 Å². The minimum atomic E-state index is 0.0555. The molecule has 1 heterocycles. The van der Waals surface area contributed by atoms with E-state index in [0.29, 0.717) is 0 Å². The molecule has 1 atom stereocenters. The standard InChI is InChI=1S/C12H19N3/c1-14-7-9-15(10-8-14)12(13)11-5-3-2-4-6-11/h2-6,12H,7-10,13H2,1H3. The molecule has 0 aromatic heterocycles. The van der Waals surface area contributed by atoms with E-state index >= 15 is 0 Å². The molecule has 2 N–H and O–H groups in total. The lowest BCUT2D eigenvalue weighted by Gasteiger charge is -2.36. The van der Waals surface area contributed by atoms with Gasteiger partial charge in [0.15, 0.2) is 0 Å². The first kappa shape index (κ1) is 10.6. The Kier molecular flexibility index (Phi) is 3.36. The summed E-state index contributed by atoms with van der Waals surface area (Å²) >= 11 is 0. The van der Waals surface area contributed by atoms with E-state index in [1.165, 1.54) is 5.56 Å². The molecule has 3 nitrogen and oxygen atoms in total. The van der Waals surface area contributed by atoms with Gasteiger partial charge in [0.05, 0.1) is 6.17 Å². The quantitative estimate of drug-likeness (QED) is 0.778. The van der Waals surface area contributed by atoms with Crippen molar-refractivity contribution in [1.29, 1.82) is 0 Å². The van der Waals surface area contributed by atoms with Crippen LogP contribution in [-0.4, -0.2) is 43.0 Å². The monoisotopic (exact) mass is 205 g/mol. The van der Waals surface area contributed by atoms with Crippen LogP contribution < -0.4 is 5.73 Å². The number of nitrogens with two attached hydrogens (primary N) is 1. The summed E-state index contributed by atoms with van der Waals surface area (Å²) in [6.45, 7) is 4.35. The molecular weight excluding hydrogens is 186 g/mol. The molecule has 0 bridgehead atoms. The van der Waals surface area contributed by atoms with Gasteiger partial charge in [-0.3, -0.25) is 4.90 Å². The number of benzene rings is 1. The maximum absolute atomic E-state index is 6.22. The zero-order valence-corrected chi connectivity index (χ0v) is 9.26. The van der Waals surface area contributed by atoms with Gasteiger partial charge in [0.2, 0.25) is 0 Å². The fraction of sp³-hybridized carbons (Fsp3) is 0.500. The number of rotatable bonds is 2. The Labute approximate surface area is 91.5 Å². The first-order valence-corrected chi connectivity index (χ1v) is 5.50. The van der Waals surface area contributed by atoms with Gasteiger partial charge < -0.3 is 10.6 Å². The van der Waals surface area contributed by atoms with Gasteiger partial charge >= 0.3 is 0 Å². The normalized spacial score (nSPS) is 21.5. The van der Waals surface area contributed by atoms with Crippen molar-refractivity contribution in [2.75, 3.05) is 33.2 Å². The molecule has 1 fully saturated rings. The molecule has 0 aliphatic carbocycles. The van der Waals surface area contributed by atoms with E-state index in [2.05, 4.69) is 29.0 Å². The summed E-state index contributed by atoms with van der Waals surface area (Å²) in [6, 6.07) is 10.3. The topological polar surface area (TPSA) is 32.5 Å². The summed E-state index contributed by atoms with van der Waals surface area (Å²) in [5, 5.41) is 0. The van der Waals surface area contributed by atoms with Gasteiger partial charge in [0.1, 0.15) is 0 Å². The summed E-state index contributed by atoms with van der Waals surface area (Å²) in [4.78, 5) is 4.68. The second-order valence-corrected chi connectivity index (χ2v) is 4.19. The van der Waals surface area contributed by atoms with E-state index in [9.17, 15) is 0 Å². The maximum Gasteiger partial charge on any atom is 0.0836 e. The first-order valence-electron chi connectivity index (χ1n) is 5.50. The lowest BCUT2D eigenvalue weighted by molar-refractivity contribution is 0.114. The van der Waals surface area contributed by atoms with Gasteiger partial charge in [-0.15, -0.1) is 0 Å². The number of likely N-dealkylation sites (N-methyl/N-ethyl adjacent to an activating group) is 1. The van der Waals surface area contributed by atoms with Crippen LogP contribution in [0.5, 0.6) is 0 Å². The van der Waals surface area contributed by atoms with Crippen molar-refractivity contribution in [2.45, 2.75) is 6.17 Å². The Morgan fingerprint density at radius 3 is 2.27 bits per heavy atom. The largest absolute Gasteiger partial charge is 0.312 e. The van der Waals surface area contributed by atoms with Crippen molar-refractivity contribution >= 4 is 0 Å². The highest BCUT2D eigenvalue weighted by atomic mass is 15.3. The molecule has 1 aliphatic rings. The molecule has 1 unspecified atom stereocenters. The van der Waals surface area contributed by atoms with Crippen molar-refractivity contribution in [1.82, 2.24) is 9.80 Å². The molecule has 2 rings (SSSR count). The van der Waals surface area contributed by atoms with E-state index in [0.717, 1.165) is 26.2 Å². The van der Waals surface area contributed by atoms with Crippen LogP contribution in [0.1, 0.15) is 11.7 Å². The van der Waals surface area contributed by atoms with Gasteiger partial charge in [-0.2, -0.15) is 0 Å². The van der Waals surface area contributed by atoms with Gasteiger partial charge in [0, 0.05) is 26.2 Å². The molecule has 0 amide bonds. The molecule has 1 aromatic rings. The third-order valence-electron chi connectivity index (χ3n) is 3.07. The summed E-state index contributed by atoms with van der Waals surface area (Å²) < 4.78 is 0. The fourth-order valence-corrected chi connectivity index (χ4v) is 1.96.